The maximum Gasteiger partial charge on any atom is 0.328 e. The van der Waals surface area contributed by atoms with E-state index in [0.29, 0.717) is 17.8 Å². The topological polar surface area (TPSA) is 156 Å². The molecule has 0 aliphatic heterocycles. The molecule has 3 rings (SSSR count). The summed E-state index contributed by atoms with van der Waals surface area (Å²) in [5.74, 6) is 0.739. The van der Waals surface area contributed by atoms with Gasteiger partial charge >= 0.3 is 5.69 Å². The van der Waals surface area contributed by atoms with E-state index >= 15 is 0 Å². The van der Waals surface area contributed by atoms with Crippen LogP contribution in [0.5, 0.6) is 0 Å². The predicted octanol–water partition coefficient (Wildman–Crippen LogP) is 0.664. The Morgan fingerprint density at radius 3 is 2.64 bits per heavy atom. The van der Waals surface area contributed by atoms with Crippen LogP contribution < -0.4 is 11.4 Å². The fraction of sp³-hybridized carbons (Fsp3) is 0.357. The molecule has 0 radical (unpaired) electrons. The molecule has 0 spiro atoms. The average Bonchev–Trinajstić information content (AvgIpc) is 2.86. The minimum Gasteiger partial charge on any atom is -0.382 e. The summed E-state index contributed by atoms with van der Waals surface area (Å²) in [5, 5.41) is -0.160. The van der Waals surface area contributed by atoms with Crippen molar-refractivity contribution < 1.29 is 4.21 Å². The Morgan fingerprint density at radius 1 is 1.32 bits per heavy atom. The van der Waals surface area contributed by atoms with E-state index in [1.165, 1.54) is 4.57 Å². The number of aryl methyl sites for hydroxylation is 1. The first-order chi connectivity index (χ1) is 11.8. The molecule has 1 atom stereocenters. The lowest BCUT2D eigenvalue weighted by Gasteiger charge is -2.07. The third kappa shape index (κ3) is 3.22. The van der Waals surface area contributed by atoms with Crippen LogP contribution in [0.2, 0.25) is 0 Å². The molecular formula is C14H18N8O2S. The molecule has 3 aromatic rings. The van der Waals surface area contributed by atoms with Gasteiger partial charge in [-0.1, -0.05) is 6.92 Å². The molecule has 0 aromatic carbocycles. The molecule has 11 heteroatoms. The average molecular weight is 362 g/mol. The molecule has 10 nitrogen and oxygen atoms in total. The van der Waals surface area contributed by atoms with E-state index in [-0.39, 0.29) is 34.4 Å². The summed E-state index contributed by atoms with van der Waals surface area (Å²) in [6.45, 7) is 3.75. The SMILES string of the molecule is CCCS(=N)(=O)c1nc(N)c2[nH]c(=O)n(Cc3cnc(C)nc3)c2n1. The molecule has 0 amide bonds. The van der Waals surface area contributed by atoms with Crippen LogP contribution in [0.4, 0.5) is 5.82 Å². The molecule has 0 bridgehead atoms. The zero-order valence-corrected chi connectivity index (χ0v) is 14.6. The number of nitrogens with two attached hydrogens (primary N) is 1. The third-order valence-corrected chi connectivity index (χ3v) is 5.35. The molecule has 0 aliphatic carbocycles. The number of nitrogens with one attached hydrogen (secondary N) is 2. The second kappa shape index (κ2) is 6.24. The normalized spacial score (nSPS) is 13.8. The van der Waals surface area contributed by atoms with Crippen molar-refractivity contribution >= 4 is 26.7 Å². The van der Waals surface area contributed by atoms with E-state index in [1.807, 2.05) is 6.92 Å². The van der Waals surface area contributed by atoms with E-state index in [9.17, 15) is 9.00 Å². The number of hydrogen-bond donors (Lipinski definition) is 3. The maximum atomic E-state index is 12.5. The number of imidazole rings is 1. The van der Waals surface area contributed by atoms with Crippen LogP contribution in [-0.2, 0) is 16.3 Å². The van der Waals surface area contributed by atoms with Gasteiger partial charge in [-0.25, -0.2) is 28.7 Å². The number of hydrogen-bond acceptors (Lipinski definition) is 8. The second-order valence-electron chi connectivity index (χ2n) is 5.62. The van der Waals surface area contributed by atoms with E-state index in [0.717, 1.165) is 0 Å². The third-order valence-electron chi connectivity index (χ3n) is 3.59. The van der Waals surface area contributed by atoms with Crippen molar-refractivity contribution in [1.29, 1.82) is 4.78 Å². The zero-order chi connectivity index (χ0) is 18.2. The quantitative estimate of drug-likeness (QED) is 0.563. The first-order valence-corrected chi connectivity index (χ1v) is 9.34. The lowest BCUT2D eigenvalue weighted by Crippen LogP contribution is -2.18. The number of aromatic amines is 1. The second-order valence-corrected chi connectivity index (χ2v) is 7.75. The fourth-order valence-corrected chi connectivity index (χ4v) is 3.62. The van der Waals surface area contributed by atoms with Crippen molar-refractivity contribution in [2.75, 3.05) is 11.5 Å². The summed E-state index contributed by atoms with van der Waals surface area (Å²) in [4.78, 5) is 31.2. The molecule has 0 saturated carbocycles. The van der Waals surface area contributed by atoms with Crippen LogP contribution >= 0.6 is 0 Å². The van der Waals surface area contributed by atoms with Crippen molar-refractivity contribution in [3.05, 3.63) is 34.3 Å². The Balaban J connectivity index is 2.15. The summed E-state index contributed by atoms with van der Waals surface area (Å²) in [6.07, 6.45) is 3.78. The van der Waals surface area contributed by atoms with Gasteiger partial charge in [0.05, 0.1) is 6.54 Å². The monoisotopic (exact) mass is 362 g/mol. The number of H-pyrrole nitrogens is 1. The summed E-state index contributed by atoms with van der Waals surface area (Å²) in [7, 11) is -3.17. The van der Waals surface area contributed by atoms with E-state index in [2.05, 4.69) is 24.9 Å². The fourth-order valence-electron chi connectivity index (χ4n) is 2.39. The maximum absolute atomic E-state index is 12.5. The van der Waals surface area contributed by atoms with Crippen molar-refractivity contribution in [3.63, 3.8) is 0 Å². The van der Waals surface area contributed by atoms with E-state index < -0.39 is 15.4 Å². The molecular weight excluding hydrogens is 344 g/mol. The van der Waals surface area contributed by atoms with Crippen molar-refractivity contribution in [2.24, 2.45) is 0 Å². The molecule has 3 heterocycles. The van der Waals surface area contributed by atoms with Gasteiger partial charge in [0.2, 0.25) is 5.16 Å². The minimum atomic E-state index is -3.17. The summed E-state index contributed by atoms with van der Waals surface area (Å²) < 4.78 is 21.8. The van der Waals surface area contributed by atoms with Crippen molar-refractivity contribution in [2.45, 2.75) is 32.0 Å². The van der Waals surface area contributed by atoms with Crippen LogP contribution in [0.1, 0.15) is 24.7 Å². The number of nitrogen functional groups attached to an aromatic ring is 1. The number of aromatic nitrogens is 6. The Kier molecular flexibility index (Phi) is 4.25. The van der Waals surface area contributed by atoms with Gasteiger partial charge in [-0.2, -0.15) is 4.98 Å². The molecule has 1 unspecified atom stereocenters. The predicted molar refractivity (Wildman–Crippen MR) is 92.7 cm³/mol. The van der Waals surface area contributed by atoms with Crippen LogP contribution in [0.25, 0.3) is 11.2 Å². The smallest absolute Gasteiger partial charge is 0.328 e. The van der Waals surface area contributed by atoms with Crippen molar-refractivity contribution in [3.8, 4) is 0 Å². The first-order valence-electron chi connectivity index (χ1n) is 7.62. The van der Waals surface area contributed by atoms with Crippen LogP contribution in [0, 0.1) is 11.7 Å². The van der Waals surface area contributed by atoms with Crippen LogP contribution in [0.15, 0.2) is 22.3 Å². The summed E-state index contributed by atoms with van der Waals surface area (Å²) in [6, 6.07) is 0. The van der Waals surface area contributed by atoms with Gasteiger partial charge in [-0.3, -0.25) is 4.57 Å². The number of nitrogens with zero attached hydrogens (tertiary/aromatic N) is 5. The lowest BCUT2D eigenvalue weighted by molar-refractivity contribution is 0.665. The molecule has 3 aromatic heterocycles. The summed E-state index contributed by atoms with van der Waals surface area (Å²) in [5.41, 5.74) is 6.62. The Hall–Kier alpha value is -2.82. The van der Waals surface area contributed by atoms with Gasteiger partial charge in [0, 0.05) is 23.7 Å². The minimum absolute atomic E-state index is 0.00733. The molecule has 0 saturated heterocycles. The molecule has 4 N–H and O–H groups in total. The highest BCUT2D eigenvalue weighted by atomic mass is 32.2. The van der Waals surface area contributed by atoms with E-state index in [4.69, 9.17) is 10.5 Å². The van der Waals surface area contributed by atoms with Crippen LogP contribution in [-0.4, -0.2) is 39.4 Å². The highest BCUT2D eigenvalue weighted by Gasteiger charge is 2.19. The van der Waals surface area contributed by atoms with Gasteiger partial charge < -0.3 is 10.7 Å². The largest absolute Gasteiger partial charge is 0.382 e. The number of anilines is 1. The van der Waals surface area contributed by atoms with Crippen molar-refractivity contribution in [1.82, 2.24) is 29.5 Å². The van der Waals surface area contributed by atoms with Crippen LogP contribution in [0.3, 0.4) is 0 Å². The summed E-state index contributed by atoms with van der Waals surface area (Å²) >= 11 is 0. The highest BCUT2D eigenvalue weighted by molar-refractivity contribution is 7.92. The van der Waals surface area contributed by atoms with Gasteiger partial charge in [-0.05, 0) is 13.3 Å². The number of rotatable bonds is 5. The standard InChI is InChI=1S/C14H18N8O2S/c1-3-4-25(16,24)13-20-11(15)10-12(21-13)22(14(23)19-10)7-9-5-17-8(2)18-6-9/h5-6,16H,3-4,7H2,1-2H3,(H,19,23)(H2,15,20,21). The Morgan fingerprint density at radius 2 is 2.00 bits per heavy atom. The molecule has 132 valence electrons. The van der Waals surface area contributed by atoms with E-state index in [1.54, 1.807) is 19.3 Å². The Labute approximate surface area is 143 Å². The Bertz CT molecular complexity index is 1080. The zero-order valence-electron chi connectivity index (χ0n) is 13.8. The number of fused-ring (bicyclic) bond motifs is 1. The molecule has 25 heavy (non-hydrogen) atoms. The van der Waals surface area contributed by atoms with Gasteiger partial charge in [0.1, 0.15) is 21.1 Å². The van der Waals surface area contributed by atoms with Gasteiger partial charge in [0.25, 0.3) is 0 Å². The molecule has 0 fully saturated rings. The highest BCUT2D eigenvalue weighted by Crippen LogP contribution is 2.18. The molecule has 0 aliphatic rings. The first kappa shape index (κ1) is 17.0. The lowest BCUT2D eigenvalue weighted by atomic mass is 10.3. The van der Waals surface area contributed by atoms with Gasteiger partial charge in [-0.15, -0.1) is 0 Å². The van der Waals surface area contributed by atoms with Gasteiger partial charge in [0.15, 0.2) is 11.5 Å².